The zero-order valence-electron chi connectivity index (χ0n) is 8.28. The Morgan fingerprint density at radius 3 is 2.40 bits per heavy atom. The summed E-state index contributed by atoms with van der Waals surface area (Å²) < 4.78 is 28.3. The van der Waals surface area contributed by atoms with Gasteiger partial charge in [0, 0.05) is 11.8 Å². The maximum atomic E-state index is 14.2. The molecule has 0 saturated heterocycles. The fourth-order valence-electron chi connectivity index (χ4n) is 3.93. The third-order valence-electron chi connectivity index (χ3n) is 4.57. The van der Waals surface area contributed by atoms with Gasteiger partial charge in [0.15, 0.2) is 5.67 Å². The molecule has 0 radical (unpaired) electrons. The third-order valence-corrected chi connectivity index (χ3v) is 4.57. The zero-order chi connectivity index (χ0) is 11.0. The molecule has 2 fully saturated rings. The first-order chi connectivity index (χ1) is 6.90. The topological polar surface area (TPSA) is 37.3 Å². The standard InChI is InChI=1S/C11H12F2O2/c1-10(12)7-5-2-3-6(4-5)8(7)11(10,13)9(14)15/h2-3,5-8H,4H2,1H3,(H,14,15). The molecule has 6 atom stereocenters. The Balaban J connectivity index is 2.07. The summed E-state index contributed by atoms with van der Waals surface area (Å²) in [5.41, 5.74) is -4.89. The summed E-state index contributed by atoms with van der Waals surface area (Å²) >= 11 is 0. The lowest BCUT2D eigenvalue weighted by Crippen LogP contribution is -2.74. The molecule has 82 valence electrons. The number of halogens is 2. The van der Waals surface area contributed by atoms with Crippen molar-refractivity contribution in [2.45, 2.75) is 24.7 Å². The molecule has 0 aromatic heterocycles. The molecule has 2 bridgehead atoms. The minimum absolute atomic E-state index is 0.0400. The van der Waals surface area contributed by atoms with Crippen LogP contribution < -0.4 is 0 Å². The second-order valence-corrected chi connectivity index (χ2v) is 5.09. The molecular weight excluding hydrogens is 202 g/mol. The average molecular weight is 214 g/mol. The molecule has 15 heavy (non-hydrogen) atoms. The molecule has 3 rings (SSSR count). The molecule has 2 saturated carbocycles. The van der Waals surface area contributed by atoms with Gasteiger partial charge < -0.3 is 5.11 Å². The van der Waals surface area contributed by atoms with Crippen molar-refractivity contribution < 1.29 is 18.7 Å². The molecule has 0 aromatic carbocycles. The van der Waals surface area contributed by atoms with Crippen LogP contribution in [0.3, 0.4) is 0 Å². The highest BCUT2D eigenvalue weighted by molar-refractivity contribution is 5.82. The first-order valence-electron chi connectivity index (χ1n) is 5.20. The van der Waals surface area contributed by atoms with Crippen molar-refractivity contribution in [1.29, 1.82) is 0 Å². The lowest BCUT2D eigenvalue weighted by molar-refractivity contribution is -0.233. The van der Waals surface area contributed by atoms with E-state index in [4.69, 9.17) is 5.11 Å². The molecule has 0 spiro atoms. The summed E-state index contributed by atoms with van der Waals surface area (Å²) in [6, 6.07) is 0. The van der Waals surface area contributed by atoms with Crippen LogP contribution in [0.2, 0.25) is 0 Å². The summed E-state index contributed by atoms with van der Waals surface area (Å²) in [5, 5.41) is 8.86. The molecule has 2 nitrogen and oxygen atoms in total. The van der Waals surface area contributed by atoms with Gasteiger partial charge in [0.2, 0.25) is 5.67 Å². The van der Waals surface area contributed by atoms with Gasteiger partial charge in [-0.3, -0.25) is 0 Å². The highest BCUT2D eigenvalue weighted by Gasteiger charge is 2.81. The number of carboxylic acids is 1. The van der Waals surface area contributed by atoms with Crippen LogP contribution >= 0.6 is 0 Å². The number of hydrogen-bond acceptors (Lipinski definition) is 1. The molecule has 3 aliphatic rings. The highest BCUT2D eigenvalue weighted by Crippen LogP contribution is 2.70. The number of hydrogen-bond donors (Lipinski definition) is 1. The van der Waals surface area contributed by atoms with Crippen LogP contribution in [0.4, 0.5) is 8.78 Å². The molecule has 0 aromatic rings. The van der Waals surface area contributed by atoms with E-state index < -0.39 is 29.1 Å². The molecule has 0 aliphatic heterocycles. The van der Waals surface area contributed by atoms with E-state index in [9.17, 15) is 13.6 Å². The first kappa shape index (κ1) is 9.31. The summed E-state index contributed by atoms with van der Waals surface area (Å²) in [4.78, 5) is 10.9. The predicted octanol–water partition coefficient (Wildman–Crippen LogP) is 1.96. The van der Waals surface area contributed by atoms with Gasteiger partial charge >= 0.3 is 5.97 Å². The average Bonchev–Trinajstić information content (AvgIpc) is 2.73. The highest BCUT2D eigenvalue weighted by atomic mass is 19.2. The lowest BCUT2D eigenvalue weighted by Gasteiger charge is -2.57. The van der Waals surface area contributed by atoms with E-state index in [0.717, 1.165) is 6.92 Å². The minimum atomic E-state index is -2.68. The first-order valence-corrected chi connectivity index (χ1v) is 5.20. The Kier molecular flexibility index (Phi) is 1.40. The number of fused-ring (bicyclic) bond motifs is 5. The molecule has 6 unspecified atom stereocenters. The smallest absolute Gasteiger partial charge is 0.345 e. The zero-order valence-corrected chi connectivity index (χ0v) is 8.28. The van der Waals surface area contributed by atoms with Crippen LogP contribution in [0.15, 0.2) is 12.2 Å². The third kappa shape index (κ3) is 0.723. The second kappa shape index (κ2) is 2.25. The van der Waals surface area contributed by atoms with E-state index in [1.165, 1.54) is 0 Å². The summed E-state index contributed by atoms with van der Waals surface area (Å²) in [6.07, 6.45) is 4.47. The van der Waals surface area contributed by atoms with Crippen molar-refractivity contribution in [3.05, 3.63) is 12.2 Å². The predicted molar refractivity (Wildman–Crippen MR) is 48.7 cm³/mol. The maximum absolute atomic E-state index is 14.2. The number of aliphatic carboxylic acids is 1. The van der Waals surface area contributed by atoms with Crippen LogP contribution in [-0.4, -0.2) is 22.4 Å². The molecule has 3 aliphatic carbocycles. The van der Waals surface area contributed by atoms with Crippen LogP contribution in [0, 0.1) is 23.7 Å². The molecule has 0 amide bonds. The SMILES string of the molecule is CC1(F)C2C3C=CC(C3)C2C1(F)C(=O)O. The van der Waals surface area contributed by atoms with Gasteiger partial charge in [0.1, 0.15) is 0 Å². The van der Waals surface area contributed by atoms with E-state index in [0.29, 0.717) is 6.42 Å². The van der Waals surface area contributed by atoms with Crippen molar-refractivity contribution in [1.82, 2.24) is 0 Å². The van der Waals surface area contributed by atoms with E-state index in [-0.39, 0.29) is 11.8 Å². The van der Waals surface area contributed by atoms with Crippen LogP contribution in [0.5, 0.6) is 0 Å². The quantitative estimate of drug-likeness (QED) is 0.677. The monoisotopic (exact) mass is 214 g/mol. The summed E-state index contributed by atoms with van der Waals surface area (Å²) in [5.74, 6) is -2.77. The van der Waals surface area contributed by atoms with E-state index in [1.807, 2.05) is 12.2 Å². The van der Waals surface area contributed by atoms with Crippen LogP contribution in [-0.2, 0) is 4.79 Å². The molecular formula is C11H12F2O2. The summed E-state index contributed by atoms with van der Waals surface area (Å²) in [7, 11) is 0. The fourth-order valence-corrected chi connectivity index (χ4v) is 3.93. The molecule has 4 heteroatoms. The largest absolute Gasteiger partial charge is 0.479 e. The van der Waals surface area contributed by atoms with Gasteiger partial charge in [0.05, 0.1) is 0 Å². The van der Waals surface area contributed by atoms with E-state index >= 15 is 0 Å². The van der Waals surface area contributed by atoms with Crippen molar-refractivity contribution in [2.24, 2.45) is 23.7 Å². The van der Waals surface area contributed by atoms with Gasteiger partial charge in [-0.25, -0.2) is 13.6 Å². The Bertz CT molecular complexity index is 377. The molecule has 0 heterocycles. The minimum Gasteiger partial charge on any atom is -0.479 e. The van der Waals surface area contributed by atoms with Crippen molar-refractivity contribution in [3.8, 4) is 0 Å². The lowest BCUT2D eigenvalue weighted by atomic mass is 9.50. The number of rotatable bonds is 1. The van der Waals surface area contributed by atoms with Gasteiger partial charge in [0.25, 0.3) is 0 Å². The Hall–Kier alpha value is -0.930. The fraction of sp³-hybridized carbons (Fsp3) is 0.727. The second-order valence-electron chi connectivity index (χ2n) is 5.09. The van der Waals surface area contributed by atoms with Crippen molar-refractivity contribution >= 4 is 5.97 Å². The normalized spacial score (nSPS) is 60.2. The van der Waals surface area contributed by atoms with E-state index in [2.05, 4.69) is 0 Å². The van der Waals surface area contributed by atoms with Crippen LogP contribution in [0.1, 0.15) is 13.3 Å². The van der Waals surface area contributed by atoms with E-state index in [1.54, 1.807) is 0 Å². The van der Waals surface area contributed by atoms with Gasteiger partial charge in [-0.1, -0.05) is 12.2 Å². The Morgan fingerprint density at radius 2 is 1.87 bits per heavy atom. The Morgan fingerprint density at radius 1 is 1.33 bits per heavy atom. The number of carbonyl (C=O) groups is 1. The van der Waals surface area contributed by atoms with Gasteiger partial charge in [-0.15, -0.1) is 0 Å². The number of carboxylic acid groups (broad SMARTS) is 1. The molecule has 1 N–H and O–H groups in total. The van der Waals surface area contributed by atoms with Gasteiger partial charge in [-0.2, -0.15) is 0 Å². The Labute approximate surface area is 86.0 Å². The summed E-state index contributed by atoms with van der Waals surface area (Å²) in [6.45, 7) is 1.09. The number of allylic oxidation sites excluding steroid dienone is 2. The van der Waals surface area contributed by atoms with Crippen molar-refractivity contribution in [2.75, 3.05) is 0 Å². The van der Waals surface area contributed by atoms with Crippen molar-refractivity contribution in [3.63, 3.8) is 0 Å². The van der Waals surface area contributed by atoms with Crippen LogP contribution in [0.25, 0.3) is 0 Å². The van der Waals surface area contributed by atoms with Gasteiger partial charge in [-0.05, 0) is 25.2 Å². The number of alkyl halides is 2. The maximum Gasteiger partial charge on any atom is 0.345 e.